The molecule has 1 amide bonds. The average molecular weight is 376 g/mol. The van der Waals surface area contributed by atoms with Gasteiger partial charge in [-0.2, -0.15) is 0 Å². The van der Waals surface area contributed by atoms with Gasteiger partial charge >= 0.3 is 0 Å². The molecule has 1 heterocycles. The molecule has 0 unspecified atom stereocenters. The van der Waals surface area contributed by atoms with Crippen LogP contribution in [0.2, 0.25) is 0 Å². The minimum atomic E-state index is -0.269. The molecule has 0 aliphatic rings. The molecule has 2 aromatic carbocycles. The lowest BCUT2D eigenvalue weighted by molar-refractivity contribution is 0.102. The Bertz CT molecular complexity index is 926. The van der Waals surface area contributed by atoms with E-state index in [0.717, 1.165) is 35.4 Å². The van der Waals surface area contributed by atoms with Gasteiger partial charge in [-0.3, -0.25) is 4.79 Å². The van der Waals surface area contributed by atoms with Crippen LogP contribution in [0.1, 0.15) is 28.5 Å². The van der Waals surface area contributed by atoms with Crippen molar-refractivity contribution in [1.29, 1.82) is 0 Å². The van der Waals surface area contributed by atoms with Crippen LogP contribution in [0.4, 0.5) is 11.5 Å². The number of hydrogen-bond acceptors (Lipinski definition) is 5. The van der Waals surface area contributed by atoms with Crippen molar-refractivity contribution in [3.8, 4) is 5.75 Å². The van der Waals surface area contributed by atoms with Gasteiger partial charge in [0.25, 0.3) is 5.91 Å². The Balaban J connectivity index is 1.56. The highest BCUT2D eigenvalue weighted by Crippen LogP contribution is 2.18. The van der Waals surface area contributed by atoms with Crippen LogP contribution in [-0.4, -0.2) is 29.8 Å². The number of benzene rings is 2. The van der Waals surface area contributed by atoms with Crippen molar-refractivity contribution in [3.05, 3.63) is 77.5 Å². The maximum atomic E-state index is 12.4. The third kappa shape index (κ3) is 4.85. The number of ether oxygens (including phenoxy) is 1. The van der Waals surface area contributed by atoms with Gasteiger partial charge in [0.1, 0.15) is 11.6 Å². The van der Waals surface area contributed by atoms with E-state index in [1.807, 2.05) is 48.5 Å². The number of aryl methyl sites for hydroxylation is 1. The molecule has 0 aliphatic heterocycles. The number of nitrogens with zero attached hydrogens (tertiary/aromatic N) is 2. The Morgan fingerprint density at radius 1 is 0.964 bits per heavy atom. The fourth-order valence-corrected chi connectivity index (χ4v) is 2.92. The second kappa shape index (κ2) is 9.50. The van der Waals surface area contributed by atoms with Gasteiger partial charge < -0.3 is 15.4 Å². The highest BCUT2D eigenvalue weighted by Gasteiger charge is 2.10. The molecule has 1 aromatic heterocycles. The number of rotatable bonds is 8. The quantitative estimate of drug-likeness (QED) is 0.622. The van der Waals surface area contributed by atoms with Crippen LogP contribution in [0.25, 0.3) is 0 Å². The molecule has 3 rings (SSSR count). The largest absolute Gasteiger partial charge is 0.496 e. The lowest BCUT2D eigenvalue weighted by atomic mass is 10.1. The monoisotopic (exact) mass is 376 g/mol. The third-order valence-corrected chi connectivity index (χ3v) is 4.44. The number of methoxy groups -OCH3 is 1. The van der Waals surface area contributed by atoms with Crippen LogP contribution in [-0.2, 0) is 12.8 Å². The second-order valence-corrected chi connectivity index (χ2v) is 6.26. The van der Waals surface area contributed by atoms with Crippen LogP contribution in [0.5, 0.6) is 5.75 Å². The predicted octanol–water partition coefficient (Wildman–Crippen LogP) is 3.95. The summed E-state index contributed by atoms with van der Waals surface area (Å²) >= 11 is 0. The summed E-state index contributed by atoms with van der Waals surface area (Å²) in [6.45, 7) is 2.74. The number of nitrogens with one attached hydrogen (secondary N) is 2. The molecule has 144 valence electrons. The average Bonchev–Trinajstić information content (AvgIpc) is 2.75. The molecule has 0 atom stereocenters. The first kappa shape index (κ1) is 19.4. The summed E-state index contributed by atoms with van der Waals surface area (Å²) in [5.41, 5.74) is 3.28. The van der Waals surface area contributed by atoms with E-state index in [1.165, 1.54) is 0 Å². The number of hydrogen-bond donors (Lipinski definition) is 2. The van der Waals surface area contributed by atoms with Gasteiger partial charge in [0.15, 0.2) is 5.69 Å². The third-order valence-electron chi connectivity index (χ3n) is 4.44. The van der Waals surface area contributed by atoms with Crippen molar-refractivity contribution < 1.29 is 9.53 Å². The van der Waals surface area contributed by atoms with E-state index in [4.69, 9.17) is 4.74 Å². The lowest BCUT2D eigenvalue weighted by Crippen LogP contribution is -2.16. The minimum absolute atomic E-state index is 0.269. The molecule has 0 radical (unpaired) electrons. The van der Waals surface area contributed by atoms with Gasteiger partial charge in [0, 0.05) is 12.2 Å². The van der Waals surface area contributed by atoms with Crippen LogP contribution in [0.3, 0.4) is 0 Å². The predicted molar refractivity (Wildman–Crippen MR) is 111 cm³/mol. The summed E-state index contributed by atoms with van der Waals surface area (Å²) in [5.74, 6) is 1.23. The zero-order valence-corrected chi connectivity index (χ0v) is 16.1. The highest BCUT2D eigenvalue weighted by atomic mass is 16.5. The van der Waals surface area contributed by atoms with Gasteiger partial charge in [-0.05, 0) is 48.2 Å². The van der Waals surface area contributed by atoms with Gasteiger partial charge in [-0.1, -0.05) is 43.3 Å². The zero-order valence-electron chi connectivity index (χ0n) is 16.1. The fourth-order valence-electron chi connectivity index (χ4n) is 2.92. The van der Waals surface area contributed by atoms with Crippen molar-refractivity contribution >= 4 is 17.4 Å². The summed E-state index contributed by atoms with van der Waals surface area (Å²) in [6, 6.07) is 19.1. The summed E-state index contributed by atoms with van der Waals surface area (Å²) in [4.78, 5) is 12.4. The Morgan fingerprint density at radius 2 is 1.71 bits per heavy atom. The first-order valence-corrected chi connectivity index (χ1v) is 9.30. The maximum absolute atomic E-state index is 12.4. The molecule has 0 saturated heterocycles. The summed E-state index contributed by atoms with van der Waals surface area (Å²) in [7, 11) is 1.67. The molecule has 6 heteroatoms. The number of amides is 1. The van der Waals surface area contributed by atoms with Crippen LogP contribution < -0.4 is 15.4 Å². The molecule has 28 heavy (non-hydrogen) atoms. The van der Waals surface area contributed by atoms with Gasteiger partial charge in [0.05, 0.1) is 7.11 Å². The minimum Gasteiger partial charge on any atom is -0.496 e. The Labute approximate surface area is 165 Å². The SMILES string of the molecule is CCc1ccccc1NC(=O)c1ccc(NCCc2ccccc2OC)nn1. The maximum Gasteiger partial charge on any atom is 0.276 e. The Morgan fingerprint density at radius 3 is 2.43 bits per heavy atom. The molecule has 0 aliphatic carbocycles. The Hall–Kier alpha value is -3.41. The lowest BCUT2D eigenvalue weighted by Gasteiger charge is -2.10. The first-order chi connectivity index (χ1) is 13.7. The number of para-hydroxylation sites is 2. The van der Waals surface area contributed by atoms with Crippen molar-refractivity contribution in [2.45, 2.75) is 19.8 Å². The second-order valence-electron chi connectivity index (χ2n) is 6.26. The molecular weight excluding hydrogens is 352 g/mol. The topological polar surface area (TPSA) is 76.1 Å². The van der Waals surface area contributed by atoms with Crippen molar-refractivity contribution in [2.24, 2.45) is 0 Å². The molecule has 3 aromatic rings. The van der Waals surface area contributed by atoms with E-state index in [0.29, 0.717) is 12.4 Å². The molecule has 0 fully saturated rings. The Kier molecular flexibility index (Phi) is 6.57. The molecule has 6 nitrogen and oxygen atoms in total. The molecular formula is C22H24N4O2. The van der Waals surface area contributed by atoms with Gasteiger partial charge in [-0.25, -0.2) is 0 Å². The van der Waals surface area contributed by atoms with Crippen LogP contribution >= 0.6 is 0 Å². The highest BCUT2D eigenvalue weighted by molar-refractivity contribution is 6.03. The summed E-state index contributed by atoms with van der Waals surface area (Å²) in [6.07, 6.45) is 1.64. The van der Waals surface area contributed by atoms with E-state index < -0.39 is 0 Å². The van der Waals surface area contributed by atoms with Crippen molar-refractivity contribution in [3.63, 3.8) is 0 Å². The van der Waals surface area contributed by atoms with E-state index in [-0.39, 0.29) is 11.6 Å². The van der Waals surface area contributed by atoms with Crippen LogP contribution in [0, 0.1) is 0 Å². The van der Waals surface area contributed by atoms with E-state index in [1.54, 1.807) is 19.2 Å². The normalized spacial score (nSPS) is 10.4. The number of aromatic nitrogens is 2. The molecule has 2 N–H and O–H groups in total. The zero-order chi connectivity index (χ0) is 19.8. The molecule has 0 bridgehead atoms. The number of anilines is 2. The smallest absolute Gasteiger partial charge is 0.276 e. The fraction of sp³-hybridized carbons (Fsp3) is 0.227. The van der Waals surface area contributed by atoms with Crippen LogP contribution in [0.15, 0.2) is 60.7 Å². The van der Waals surface area contributed by atoms with E-state index >= 15 is 0 Å². The number of carbonyl (C=O) groups is 1. The number of carbonyl (C=O) groups excluding carboxylic acids is 1. The van der Waals surface area contributed by atoms with Crippen molar-refractivity contribution in [1.82, 2.24) is 10.2 Å². The summed E-state index contributed by atoms with van der Waals surface area (Å²) < 4.78 is 5.36. The van der Waals surface area contributed by atoms with Gasteiger partial charge in [0.2, 0.25) is 0 Å². The standard InChI is InChI=1S/C22H24N4O2/c1-3-16-8-4-6-10-18(16)24-22(27)19-12-13-21(26-25-19)23-15-14-17-9-5-7-11-20(17)28-2/h4-13H,3,14-15H2,1-2H3,(H,23,26)(H,24,27). The van der Waals surface area contributed by atoms with E-state index in [9.17, 15) is 4.79 Å². The first-order valence-electron chi connectivity index (χ1n) is 9.30. The van der Waals surface area contributed by atoms with E-state index in [2.05, 4.69) is 27.8 Å². The molecule has 0 saturated carbocycles. The van der Waals surface area contributed by atoms with Crippen molar-refractivity contribution in [2.75, 3.05) is 24.3 Å². The molecule has 0 spiro atoms. The summed E-state index contributed by atoms with van der Waals surface area (Å²) in [5, 5.41) is 14.3. The van der Waals surface area contributed by atoms with Gasteiger partial charge in [-0.15, -0.1) is 10.2 Å².